The maximum atomic E-state index is 15.1. The van der Waals surface area contributed by atoms with Crippen molar-refractivity contribution in [1.29, 1.82) is 0 Å². The number of hydrogen-bond donors (Lipinski definition) is 2. The Morgan fingerprint density at radius 2 is 2.33 bits per heavy atom. The molecule has 1 aromatic rings. The SMILES string of the molecule is CC(C)C(=O)OC12C(F)C(n3ccc(N)nc3=O)OC1(CCl)C2O. The van der Waals surface area contributed by atoms with Crippen LogP contribution in [-0.2, 0) is 14.3 Å². The van der Waals surface area contributed by atoms with E-state index in [2.05, 4.69) is 4.98 Å². The van der Waals surface area contributed by atoms with E-state index in [-0.39, 0.29) is 11.7 Å². The summed E-state index contributed by atoms with van der Waals surface area (Å²) in [6, 6.07) is 1.30. The van der Waals surface area contributed by atoms with Gasteiger partial charge in [0.15, 0.2) is 18.0 Å². The van der Waals surface area contributed by atoms with E-state index in [9.17, 15) is 14.7 Å². The second-order valence-corrected chi connectivity index (χ2v) is 6.51. The molecular formula is C14H17ClFN3O5. The highest BCUT2D eigenvalue weighted by molar-refractivity contribution is 6.19. The minimum absolute atomic E-state index is 0.0251. The van der Waals surface area contributed by atoms with Crippen LogP contribution in [0.25, 0.3) is 0 Å². The Balaban J connectivity index is 1.98. The van der Waals surface area contributed by atoms with E-state index >= 15 is 4.39 Å². The molecule has 1 aliphatic heterocycles. The molecule has 3 N–H and O–H groups in total. The minimum atomic E-state index is -2.00. The van der Waals surface area contributed by atoms with Crippen LogP contribution in [-0.4, -0.2) is 50.0 Å². The second kappa shape index (κ2) is 5.40. The summed E-state index contributed by atoms with van der Waals surface area (Å²) < 4.78 is 26.8. The van der Waals surface area contributed by atoms with Gasteiger partial charge in [0.25, 0.3) is 0 Å². The molecule has 10 heteroatoms. The molecule has 5 atom stereocenters. The van der Waals surface area contributed by atoms with Crippen LogP contribution in [0.4, 0.5) is 10.2 Å². The minimum Gasteiger partial charge on any atom is -0.449 e. The number of anilines is 1. The van der Waals surface area contributed by atoms with Crippen molar-refractivity contribution in [2.75, 3.05) is 11.6 Å². The maximum absolute atomic E-state index is 15.1. The van der Waals surface area contributed by atoms with Crippen molar-refractivity contribution in [2.45, 2.75) is 43.6 Å². The van der Waals surface area contributed by atoms with Gasteiger partial charge in [-0.05, 0) is 6.07 Å². The third-order valence-electron chi connectivity index (χ3n) is 4.48. The van der Waals surface area contributed by atoms with E-state index in [1.165, 1.54) is 12.3 Å². The van der Waals surface area contributed by atoms with Crippen LogP contribution in [0, 0.1) is 5.92 Å². The Hall–Kier alpha value is -1.71. The van der Waals surface area contributed by atoms with Crippen molar-refractivity contribution >= 4 is 23.4 Å². The summed E-state index contributed by atoms with van der Waals surface area (Å²) >= 11 is 5.86. The first-order valence-electron chi connectivity index (χ1n) is 7.34. The lowest BCUT2D eigenvalue weighted by Gasteiger charge is -2.23. The van der Waals surface area contributed by atoms with Crippen LogP contribution < -0.4 is 11.4 Å². The largest absolute Gasteiger partial charge is 0.449 e. The molecular weight excluding hydrogens is 345 g/mol. The van der Waals surface area contributed by atoms with E-state index in [4.69, 9.17) is 26.8 Å². The summed E-state index contributed by atoms with van der Waals surface area (Å²) in [5.74, 6) is -1.57. The molecule has 1 saturated carbocycles. The second-order valence-electron chi connectivity index (χ2n) is 6.25. The van der Waals surface area contributed by atoms with Crippen LogP contribution in [0.2, 0.25) is 0 Å². The number of carbonyl (C=O) groups is 1. The fourth-order valence-corrected chi connectivity index (χ4v) is 3.44. The molecule has 0 radical (unpaired) electrons. The first-order valence-corrected chi connectivity index (χ1v) is 7.88. The Morgan fingerprint density at radius 1 is 1.67 bits per heavy atom. The van der Waals surface area contributed by atoms with Gasteiger partial charge in [0.2, 0.25) is 5.60 Å². The molecule has 2 aliphatic rings. The number of aromatic nitrogens is 2. The molecule has 3 rings (SSSR count). The summed E-state index contributed by atoms with van der Waals surface area (Å²) in [7, 11) is 0. The van der Waals surface area contributed by atoms with Crippen LogP contribution in [0.5, 0.6) is 0 Å². The number of ether oxygens (including phenoxy) is 2. The number of esters is 1. The van der Waals surface area contributed by atoms with Crippen molar-refractivity contribution in [3.63, 3.8) is 0 Å². The zero-order valence-electron chi connectivity index (χ0n) is 13.0. The number of nitrogens with two attached hydrogens (primary N) is 1. The average molecular weight is 362 g/mol. The number of nitrogen functional groups attached to an aromatic ring is 1. The molecule has 0 spiro atoms. The lowest BCUT2D eigenvalue weighted by molar-refractivity contribution is -0.163. The van der Waals surface area contributed by atoms with Crippen molar-refractivity contribution in [3.05, 3.63) is 22.7 Å². The van der Waals surface area contributed by atoms with Gasteiger partial charge in [-0.15, -0.1) is 11.6 Å². The number of halogens is 2. The van der Waals surface area contributed by atoms with Crippen LogP contribution in [0.1, 0.15) is 20.1 Å². The van der Waals surface area contributed by atoms with Gasteiger partial charge in [0.05, 0.1) is 11.8 Å². The fourth-order valence-electron chi connectivity index (χ4n) is 3.02. The molecule has 1 aliphatic carbocycles. The lowest BCUT2D eigenvalue weighted by atomic mass is 10.1. The third kappa shape index (κ3) is 2.01. The number of hydrogen-bond acceptors (Lipinski definition) is 7. The molecule has 2 heterocycles. The van der Waals surface area contributed by atoms with Gasteiger partial charge in [0.1, 0.15) is 11.9 Å². The molecule has 5 unspecified atom stereocenters. The number of aliphatic hydroxyl groups is 1. The highest BCUT2D eigenvalue weighted by Gasteiger charge is 2.91. The first-order chi connectivity index (χ1) is 11.2. The zero-order valence-corrected chi connectivity index (χ0v) is 13.7. The summed E-state index contributed by atoms with van der Waals surface area (Å²) in [4.78, 5) is 27.4. The molecule has 24 heavy (non-hydrogen) atoms. The van der Waals surface area contributed by atoms with Gasteiger partial charge in [-0.1, -0.05) is 13.8 Å². The Kier molecular flexibility index (Phi) is 3.85. The lowest BCUT2D eigenvalue weighted by Crippen LogP contribution is -2.41. The predicted octanol–water partition coefficient (Wildman–Crippen LogP) is -0.0175. The van der Waals surface area contributed by atoms with Crippen molar-refractivity contribution in [2.24, 2.45) is 5.92 Å². The number of alkyl halides is 2. The van der Waals surface area contributed by atoms with Gasteiger partial charge in [-0.25, -0.2) is 9.18 Å². The number of rotatable bonds is 4. The highest BCUT2D eigenvalue weighted by Crippen LogP contribution is 2.66. The number of carbonyl (C=O) groups excluding carboxylic acids is 1. The fraction of sp³-hybridized carbons (Fsp3) is 0.643. The van der Waals surface area contributed by atoms with E-state index < -0.39 is 47.3 Å². The Labute approximate surface area is 141 Å². The summed E-state index contributed by atoms with van der Waals surface area (Å²) in [6.45, 7) is 3.15. The Bertz CT molecular complexity index is 743. The van der Waals surface area contributed by atoms with Crippen molar-refractivity contribution in [3.8, 4) is 0 Å². The third-order valence-corrected chi connectivity index (χ3v) is 4.88. The maximum Gasteiger partial charge on any atom is 0.351 e. The molecule has 0 bridgehead atoms. The number of aliphatic hydroxyl groups excluding tert-OH is 1. The van der Waals surface area contributed by atoms with E-state index in [1.807, 2.05) is 0 Å². The molecule has 8 nitrogen and oxygen atoms in total. The molecule has 0 amide bonds. The summed E-state index contributed by atoms with van der Waals surface area (Å²) in [5, 5.41) is 10.2. The number of nitrogens with zero attached hydrogens (tertiary/aromatic N) is 2. The standard InChI is InChI=1S/C14H17ClFN3O5/c1-6(2)10(20)24-14-8(16)9(23-13(14,5-15)11(14)21)19-4-3-7(17)18-12(19)22/h3-4,6,8-9,11,21H,5H2,1-2H3,(H2,17,18,22). The van der Waals surface area contributed by atoms with Gasteiger partial charge in [-0.3, -0.25) is 9.36 Å². The van der Waals surface area contributed by atoms with Crippen LogP contribution in [0.15, 0.2) is 17.1 Å². The van der Waals surface area contributed by atoms with E-state index in [0.717, 1.165) is 4.57 Å². The predicted molar refractivity (Wildman–Crippen MR) is 81.0 cm³/mol. The van der Waals surface area contributed by atoms with Crippen molar-refractivity contribution < 1.29 is 23.8 Å². The van der Waals surface area contributed by atoms with Crippen molar-refractivity contribution in [1.82, 2.24) is 9.55 Å². The summed E-state index contributed by atoms with van der Waals surface area (Å²) in [5.41, 5.74) is 1.03. The van der Waals surface area contributed by atoms with Gasteiger partial charge < -0.3 is 20.3 Å². The van der Waals surface area contributed by atoms with Gasteiger partial charge in [0, 0.05) is 6.20 Å². The number of fused-ring (bicyclic) bond motifs is 1. The normalized spacial score (nSPS) is 37.3. The van der Waals surface area contributed by atoms with Gasteiger partial charge in [-0.2, -0.15) is 4.98 Å². The molecule has 1 aromatic heterocycles. The van der Waals surface area contributed by atoms with E-state index in [0.29, 0.717) is 0 Å². The summed E-state index contributed by atoms with van der Waals surface area (Å²) in [6.07, 6.45) is -3.64. The van der Waals surface area contributed by atoms with Crippen LogP contribution >= 0.6 is 11.6 Å². The average Bonchev–Trinajstić information content (AvgIpc) is 2.90. The zero-order chi connectivity index (χ0) is 17.9. The Morgan fingerprint density at radius 3 is 2.88 bits per heavy atom. The van der Waals surface area contributed by atoms with Gasteiger partial charge >= 0.3 is 11.7 Å². The van der Waals surface area contributed by atoms with Crippen LogP contribution in [0.3, 0.4) is 0 Å². The molecule has 0 aromatic carbocycles. The first kappa shape index (κ1) is 17.1. The highest BCUT2D eigenvalue weighted by atomic mass is 35.5. The molecule has 2 fully saturated rings. The molecule has 132 valence electrons. The quantitative estimate of drug-likeness (QED) is 0.572. The van der Waals surface area contributed by atoms with E-state index in [1.54, 1.807) is 13.8 Å². The topological polar surface area (TPSA) is 117 Å². The molecule has 1 saturated heterocycles. The smallest absolute Gasteiger partial charge is 0.351 e. The monoisotopic (exact) mass is 361 g/mol.